The highest BCUT2D eigenvalue weighted by molar-refractivity contribution is 6.00. The maximum absolute atomic E-state index is 12.8. The predicted molar refractivity (Wildman–Crippen MR) is 88.5 cm³/mol. The SMILES string of the molecule is COc1ccc(N2CC(C(=O)N(C(C)C)C3CC3)CC2=O)cc1. The van der Waals surface area contributed by atoms with Crippen LogP contribution in [0.3, 0.4) is 0 Å². The van der Waals surface area contributed by atoms with Crippen LogP contribution in [0, 0.1) is 5.92 Å². The van der Waals surface area contributed by atoms with Crippen LogP contribution in [0.15, 0.2) is 24.3 Å². The predicted octanol–water partition coefficient (Wildman–Crippen LogP) is 2.45. The molecule has 23 heavy (non-hydrogen) atoms. The number of methoxy groups -OCH3 is 1. The minimum atomic E-state index is -0.229. The molecule has 5 nitrogen and oxygen atoms in total. The third-order valence-electron chi connectivity index (χ3n) is 4.61. The molecule has 1 saturated carbocycles. The quantitative estimate of drug-likeness (QED) is 0.838. The van der Waals surface area contributed by atoms with Crippen LogP contribution in [-0.2, 0) is 9.59 Å². The lowest BCUT2D eigenvalue weighted by Crippen LogP contribution is -2.43. The van der Waals surface area contributed by atoms with E-state index >= 15 is 0 Å². The number of nitrogens with zero attached hydrogens (tertiary/aromatic N) is 2. The molecule has 3 rings (SSSR count). The Labute approximate surface area is 137 Å². The molecule has 2 aliphatic rings. The van der Waals surface area contributed by atoms with Crippen LogP contribution in [0.2, 0.25) is 0 Å². The second-order valence-electron chi connectivity index (χ2n) is 6.67. The van der Waals surface area contributed by atoms with Crippen LogP contribution in [0.25, 0.3) is 0 Å². The van der Waals surface area contributed by atoms with E-state index in [-0.39, 0.29) is 23.8 Å². The van der Waals surface area contributed by atoms with Crippen molar-refractivity contribution in [3.8, 4) is 5.75 Å². The van der Waals surface area contributed by atoms with Gasteiger partial charge in [0.1, 0.15) is 5.75 Å². The molecule has 1 aliphatic carbocycles. The second-order valence-corrected chi connectivity index (χ2v) is 6.67. The first-order chi connectivity index (χ1) is 11.0. The first-order valence-electron chi connectivity index (χ1n) is 8.28. The molecule has 1 aromatic carbocycles. The number of hydrogen-bond acceptors (Lipinski definition) is 3. The average Bonchev–Trinajstić information content (AvgIpc) is 3.28. The number of hydrogen-bond donors (Lipinski definition) is 0. The lowest BCUT2D eigenvalue weighted by Gasteiger charge is -2.29. The van der Waals surface area contributed by atoms with Crippen molar-refractivity contribution in [1.82, 2.24) is 4.90 Å². The van der Waals surface area contributed by atoms with Crippen molar-refractivity contribution in [1.29, 1.82) is 0 Å². The summed E-state index contributed by atoms with van der Waals surface area (Å²) in [6, 6.07) is 7.98. The van der Waals surface area contributed by atoms with Crippen molar-refractivity contribution >= 4 is 17.5 Å². The van der Waals surface area contributed by atoms with E-state index in [9.17, 15) is 9.59 Å². The van der Waals surface area contributed by atoms with Crippen molar-refractivity contribution < 1.29 is 14.3 Å². The zero-order valence-corrected chi connectivity index (χ0v) is 14.0. The second kappa shape index (κ2) is 6.22. The summed E-state index contributed by atoms with van der Waals surface area (Å²) in [5.74, 6) is 0.681. The molecule has 1 aliphatic heterocycles. The summed E-state index contributed by atoms with van der Waals surface area (Å²) < 4.78 is 5.14. The number of amides is 2. The van der Waals surface area contributed by atoms with Gasteiger partial charge in [0.2, 0.25) is 11.8 Å². The Morgan fingerprint density at radius 1 is 1.26 bits per heavy atom. The third kappa shape index (κ3) is 3.19. The molecule has 0 radical (unpaired) electrons. The molecule has 1 aromatic rings. The van der Waals surface area contributed by atoms with E-state index in [2.05, 4.69) is 0 Å². The van der Waals surface area contributed by atoms with Gasteiger partial charge in [0, 0.05) is 30.7 Å². The highest BCUT2D eigenvalue weighted by atomic mass is 16.5. The van der Waals surface area contributed by atoms with Crippen LogP contribution < -0.4 is 9.64 Å². The number of anilines is 1. The number of carbonyl (C=O) groups excluding carboxylic acids is 2. The molecule has 1 atom stereocenters. The Balaban J connectivity index is 1.72. The zero-order valence-electron chi connectivity index (χ0n) is 14.0. The van der Waals surface area contributed by atoms with E-state index in [0.29, 0.717) is 19.0 Å². The minimum absolute atomic E-state index is 0.0213. The van der Waals surface area contributed by atoms with E-state index in [4.69, 9.17) is 4.74 Å². The largest absolute Gasteiger partial charge is 0.497 e. The maximum Gasteiger partial charge on any atom is 0.228 e. The van der Waals surface area contributed by atoms with Crippen molar-refractivity contribution in [2.75, 3.05) is 18.6 Å². The Morgan fingerprint density at radius 3 is 2.43 bits per heavy atom. The van der Waals surface area contributed by atoms with Crippen molar-refractivity contribution in [2.45, 2.75) is 45.2 Å². The summed E-state index contributed by atoms with van der Waals surface area (Å²) in [4.78, 5) is 28.9. The van der Waals surface area contributed by atoms with E-state index < -0.39 is 0 Å². The van der Waals surface area contributed by atoms with E-state index in [1.54, 1.807) is 12.0 Å². The molecule has 0 spiro atoms. The van der Waals surface area contributed by atoms with Gasteiger partial charge >= 0.3 is 0 Å². The summed E-state index contributed by atoms with van der Waals surface area (Å²) in [6.45, 7) is 4.57. The monoisotopic (exact) mass is 316 g/mol. The first-order valence-corrected chi connectivity index (χ1v) is 8.28. The van der Waals surface area contributed by atoms with Crippen molar-refractivity contribution in [2.24, 2.45) is 5.92 Å². The van der Waals surface area contributed by atoms with Crippen molar-refractivity contribution in [3.05, 3.63) is 24.3 Å². The lowest BCUT2D eigenvalue weighted by atomic mass is 10.1. The van der Waals surface area contributed by atoms with Gasteiger partial charge in [-0.25, -0.2) is 0 Å². The third-order valence-corrected chi connectivity index (χ3v) is 4.61. The van der Waals surface area contributed by atoms with Gasteiger partial charge in [0.05, 0.1) is 13.0 Å². The van der Waals surface area contributed by atoms with Crippen molar-refractivity contribution in [3.63, 3.8) is 0 Å². The van der Waals surface area contributed by atoms with Gasteiger partial charge in [-0.2, -0.15) is 0 Å². The summed E-state index contributed by atoms with van der Waals surface area (Å²) in [6.07, 6.45) is 2.49. The standard InChI is InChI=1S/C18H24N2O3/c1-12(2)20(15-4-5-15)18(22)13-10-17(21)19(11-13)14-6-8-16(23-3)9-7-14/h6-9,12-13,15H,4-5,10-11H2,1-3H3. The Morgan fingerprint density at radius 2 is 1.91 bits per heavy atom. The van der Waals surface area contributed by atoms with Crippen LogP contribution >= 0.6 is 0 Å². The summed E-state index contributed by atoms with van der Waals surface area (Å²) in [5, 5.41) is 0. The Hall–Kier alpha value is -2.04. The summed E-state index contributed by atoms with van der Waals surface area (Å²) >= 11 is 0. The molecule has 0 bridgehead atoms. The fourth-order valence-electron chi connectivity index (χ4n) is 3.30. The molecule has 1 unspecified atom stereocenters. The molecular formula is C18H24N2O3. The number of ether oxygens (including phenoxy) is 1. The van der Waals surface area contributed by atoms with Crippen LogP contribution in [0.4, 0.5) is 5.69 Å². The number of carbonyl (C=O) groups is 2. The van der Waals surface area contributed by atoms with Gasteiger partial charge in [-0.3, -0.25) is 9.59 Å². The Bertz CT molecular complexity index is 591. The van der Waals surface area contributed by atoms with E-state index in [0.717, 1.165) is 24.3 Å². The molecule has 1 heterocycles. The van der Waals surface area contributed by atoms with Gasteiger partial charge in [-0.15, -0.1) is 0 Å². The number of benzene rings is 1. The van der Waals surface area contributed by atoms with Crippen LogP contribution in [-0.4, -0.2) is 42.5 Å². The van der Waals surface area contributed by atoms with Crippen LogP contribution in [0.1, 0.15) is 33.1 Å². The fraction of sp³-hybridized carbons (Fsp3) is 0.556. The molecule has 2 amide bonds. The highest BCUT2D eigenvalue weighted by Gasteiger charge is 2.42. The van der Waals surface area contributed by atoms with Gasteiger partial charge in [-0.05, 0) is 51.0 Å². The molecule has 0 aromatic heterocycles. The molecule has 0 N–H and O–H groups in total. The van der Waals surface area contributed by atoms with Gasteiger partial charge in [0.25, 0.3) is 0 Å². The Kier molecular flexibility index (Phi) is 4.28. The highest BCUT2D eigenvalue weighted by Crippen LogP contribution is 2.33. The summed E-state index contributed by atoms with van der Waals surface area (Å²) in [7, 11) is 1.61. The zero-order chi connectivity index (χ0) is 16.6. The van der Waals surface area contributed by atoms with Gasteiger partial charge in [0.15, 0.2) is 0 Å². The molecule has 124 valence electrons. The van der Waals surface area contributed by atoms with Crippen LogP contribution in [0.5, 0.6) is 5.75 Å². The maximum atomic E-state index is 12.8. The van der Waals surface area contributed by atoms with E-state index in [1.165, 1.54) is 0 Å². The normalized spacial score (nSPS) is 21.0. The number of rotatable bonds is 5. The average molecular weight is 316 g/mol. The smallest absolute Gasteiger partial charge is 0.228 e. The summed E-state index contributed by atoms with van der Waals surface area (Å²) in [5.41, 5.74) is 0.827. The fourth-order valence-corrected chi connectivity index (χ4v) is 3.30. The molecule has 1 saturated heterocycles. The first kappa shape index (κ1) is 15.8. The topological polar surface area (TPSA) is 49.9 Å². The lowest BCUT2D eigenvalue weighted by molar-refractivity contribution is -0.138. The van der Waals surface area contributed by atoms with E-state index in [1.807, 2.05) is 43.0 Å². The minimum Gasteiger partial charge on any atom is -0.497 e. The van der Waals surface area contributed by atoms with Gasteiger partial charge in [-0.1, -0.05) is 0 Å². The molecular weight excluding hydrogens is 292 g/mol. The molecule has 5 heteroatoms. The molecule has 2 fully saturated rings. The van der Waals surface area contributed by atoms with Gasteiger partial charge < -0.3 is 14.5 Å².